The van der Waals surface area contributed by atoms with E-state index < -0.39 is 0 Å². The van der Waals surface area contributed by atoms with Gasteiger partial charge in [0.25, 0.3) is 0 Å². The summed E-state index contributed by atoms with van der Waals surface area (Å²) in [5, 5.41) is 0. The van der Waals surface area contributed by atoms with Crippen LogP contribution in [0.3, 0.4) is 0 Å². The molecule has 4 aliphatic carbocycles. The van der Waals surface area contributed by atoms with E-state index in [0.29, 0.717) is 36.4 Å². The van der Waals surface area contributed by atoms with Crippen LogP contribution in [0.4, 0.5) is 0 Å². The van der Waals surface area contributed by atoms with Gasteiger partial charge >= 0.3 is 5.97 Å². The Labute approximate surface area is 161 Å². The highest BCUT2D eigenvalue weighted by Gasteiger charge is 2.60. The van der Waals surface area contributed by atoms with E-state index in [9.17, 15) is 14.4 Å². The molecule has 6 atom stereocenters. The molecule has 0 spiro atoms. The van der Waals surface area contributed by atoms with E-state index in [-0.39, 0.29) is 28.7 Å². The molecule has 4 nitrogen and oxygen atoms in total. The highest BCUT2D eigenvalue weighted by molar-refractivity contribution is 6.01. The number of rotatable bonds is 3. The third-order valence-corrected chi connectivity index (χ3v) is 7.99. The van der Waals surface area contributed by atoms with Crippen molar-refractivity contribution in [1.29, 1.82) is 0 Å². The molecule has 0 N–H and O–H groups in total. The van der Waals surface area contributed by atoms with E-state index >= 15 is 0 Å². The lowest BCUT2D eigenvalue weighted by atomic mass is 9.48. The Morgan fingerprint density at radius 2 is 2.00 bits per heavy atom. The number of carbonyl (C=O) groups excluding carboxylic acids is 3. The summed E-state index contributed by atoms with van der Waals surface area (Å²) in [6.45, 7) is 6.30. The minimum absolute atomic E-state index is 0.0193. The van der Waals surface area contributed by atoms with Gasteiger partial charge in [-0.15, -0.1) is 0 Å². The molecule has 0 bridgehead atoms. The second kappa shape index (κ2) is 6.42. The second-order valence-corrected chi connectivity index (χ2v) is 9.38. The van der Waals surface area contributed by atoms with Crippen LogP contribution in [0.1, 0.15) is 65.7 Å². The van der Waals surface area contributed by atoms with E-state index in [0.717, 1.165) is 37.7 Å². The summed E-state index contributed by atoms with van der Waals surface area (Å²) < 4.78 is 5.89. The van der Waals surface area contributed by atoms with Crippen molar-refractivity contribution in [2.45, 2.75) is 71.8 Å². The van der Waals surface area contributed by atoms with Crippen molar-refractivity contribution in [2.75, 3.05) is 0 Å². The van der Waals surface area contributed by atoms with Crippen LogP contribution in [0.15, 0.2) is 23.8 Å². The molecular weight excluding hydrogens is 340 g/mol. The van der Waals surface area contributed by atoms with Gasteiger partial charge in [0.05, 0.1) is 0 Å². The smallest absolute Gasteiger partial charge is 0.306 e. The van der Waals surface area contributed by atoms with Gasteiger partial charge in [-0.3, -0.25) is 14.4 Å². The van der Waals surface area contributed by atoms with E-state index in [2.05, 4.69) is 13.8 Å². The van der Waals surface area contributed by atoms with Gasteiger partial charge in [0.2, 0.25) is 0 Å². The molecule has 0 radical (unpaired) electrons. The Hall–Kier alpha value is -1.71. The zero-order chi connectivity index (χ0) is 19.4. The molecule has 4 aliphatic rings. The van der Waals surface area contributed by atoms with Gasteiger partial charge in [-0.2, -0.15) is 0 Å². The van der Waals surface area contributed by atoms with Gasteiger partial charge in [-0.25, -0.2) is 0 Å². The summed E-state index contributed by atoms with van der Waals surface area (Å²) in [6, 6.07) is 0. The Kier molecular flexibility index (Phi) is 4.44. The molecule has 146 valence electrons. The Morgan fingerprint density at radius 3 is 2.74 bits per heavy atom. The van der Waals surface area contributed by atoms with Gasteiger partial charge in [-0.05, 0) is 67.6 Å². The lowest BCUT2D eigenvalue weighted by Crippen LogP contribution is -2.53. The first-order chi connectivity index (χ1) is 12.8. The summed E-state index contributed by atoms with van der Waals surface area (Å²) in [5.74, 6) is 1.32. The topological polar surface area (TPSA) is 60.4 Å². The third kappa shape index (κ3) is 2.75. The van der Waals surface area contributed by atoms with Gasteiger partial charge in [0.15, 0.2) is 5.78 Å². The Balaban J connectivity index is 1.71. The Bertz CT molecular complexity index is 747. The largest absolute Gasteiger partial charge is 0.458 e. The van der Waals surface area contributed by atoms with Crippen molar-refractivity contribution in [1.82, 2.24) is 0 Å². The summed E-state index contributed by atoms with van der Waals surface area (Å²) in [7, 11) is 0. The molecule has 3 saturated carbocycles. The summed E-state index contributed by atoms with van der Waals surface area (Å²) >= 11 is 0. The van der Waals surface area contributed by atoms with E-state index in [4.69, 9.17) is 4.74 Å². The standard InChI is InChI=1S/C23H30O4/c1-4-5-21(26)27-19-13-15-16-6-7-20(25)23(16,3)11-9-17(15)22(2)10-8-14(24)12-18(19)22/h8,10,12,15-17,19H,4-7,9,11,13H2,1-3H3/t15-,16-,17-,19+,22+,23-/m0/s1. The molecule has 4 heteroatoms. The summed E-state index contributed by atoms with van der Waals surface area (Å²) in [5.41, 5.74) is 0.486. The van der Waals surface area contributed by atoms with Crippen LogP contribution in [0.25, 0.3) is 0 Å². The van der Waals surface area contributed by atoms with Crippen molar-refractivity contribution >= 4 is 17.5 Å². The monoisotopic (exact) mass is 370 g/mol. The van der Waals surface area contributed by atoms with Crippen LogP contribution in [-0.4, -0.2) is 23.6 Å². The maximum atomic E-state index is 12.6. The first-order valence-corrected chi connectivity index (χ1v) is 10.5. The summed E-state index contributed by atoms with van der Waals surface area (Å²) in [6.07, 6.45) is 10.5. The quantitative estimate of drug-likeness (QED) is 0.699. The molecule has 4 rings (SSSR count). The molecule has 0 aromatic carbocycles. The van der Waals surface area contributed by atoms with E-state index in [1.165, 1.54) is 0 Å². The minimum atomic E-state index is -0.345. The van der Waals surface area contributed by atoms with E-state index in [1.54, 1.807) is 12.2 Å². The molecular formula is C23H30O4. The van der Waals surface area contributed by atoms with Crippen molar-refractivity contribution in [2.24, 2.45) is 28.6 Å². The zero-order valence-corrected chi connectivity index (χ0v) is 16.6. The fourth-order valence-electron chi connectivity index (χ4n) is 6.53. The number of fused-ring (bicyclic) bond motifs is 5. The zero-order valence-electron chi connectivity index (χ0n) is 16.6. The molecule has 0 heterocycles. The van der Waals surface area contributed by atoms with Gasteiger partial charge < -0.3 is 4.74 Å². The van der Waals surface area contributed by atoms with Crippen molar-refractivity contribution in [3.63, 3.8) is 0 Å². The van der Waals surface area contributed by atoms with Crippen molar-refractivity contribution < 1.29 is 19.1 Å². The average molecular weight is 370 g/mol. The van der Waals surface area contributed by atoms with Gasteiger partial charge in [-0.1, -0.05) is 26.8 Å². The molecule has 0 saturated heterocycles. The number of carbonyl (C=O) groups is 3. The lowest BCUT2D eigenvalue weighted by molar-refractivity contribution is -0.154. The molecule has 3 fully saturated rings. The molecule has 27 heavy (non-hydrogen) atoms. The van der Waals surface area contributed by atoms with E-state index in [1.807, 2.05) is 13.0 Å². The highest BCUT2D eigenvalue weighted by Crippen LogP contribution is 2.63. The number of esters is 1. The average Bonchev–Trinajstić information content (AvgIpc) is 2.92. The predicted molar refractivity (Wildman–Crippen MR) is 102 cm³/mol. The van der Waals surface area contributed by atoms with Crippen LogP contribution in [-0.2, 0) is 19.1 Å². The SMILES string of the molecule is CCCC(=O)O[C@@H]1C[C@@H]2[C@H](CC[C@]3(C)C(=O)CC[C@@H]23)[C@@]2(C)C=CC(=O)C=C12. The predicted octanol–water partition coefficient (Wildman–Crippen LogP) is 4.19. The Morgan fingerprint density at radius 1 is 1.22 bits per heavy atom. The number of Topliss-reactive ketones (excluding diaryl/α,β-unsaturated/α-hetero) is 1. The number of ketones is 2. The first kappa shape index (κ1) is 18.6. The molecule has 0 aromatic rings. The van der Waals surface area contributed by atoms with Crippen LogP contribution < -0.4 is 0 Å². The van der Waals surface area contributed by atoms with Crippen LogP contribution in [0.5, 0.6) is 0 Å². The molecule has 0 unspecified atom stereocenters. The molecule has 0 amide bonds. The fourth-order valence-corrected chi connectivity index (χ4v) is 6.53. The van der Waals surface area contributed by atoms with Crippen LogP contribution in [0.2, 0.25) is 0 Å². The van der Waals surface area contributed by atoms with Crippen LogP contribution >= 0.6 is 0 Å². The summed E-state index contributed by atoms with van der Waals surface area (Å²) in [4.78, 5) is 37.0. The highest BCUT2D eigenvalue weighted by atomic mass is 16.5. The third-order valence-electron chi connectivity index (χ3n) is 7.99. The number of hydrogen-bond acceptors (Lipinski definition) is 4. The fraction of sp³-hybridized carbons (Fsp3) is 0.696. The normalized spacial score (nSPS) is 42.9. The minimum Gasteiger partial charge on any atom is -0.458 e. The lowest BCUT2D eigenvalue weighted by Gasteiger charge is -2.57. The van der Waals surface area contributed by atoms with Crippen molar-refractivity contribution in [3.8, 4) is 0 Å². The maximum absolute atomic E-state index is 12.6. The van der Waals surface area contributed by atoms with Crippen molar-refractivity contribution in [3.05, 3.63) is 23.8 Å². The molecule has 0 aromatic heterocycles. The van der Waals surface area contributed by atoms with Gasteiger partial charge in [0, 0.05) is 23.7 Å². The number of ether oxygens (including phenoxy) is 1. The second-order valence-electron chi connectivity index (χ2n) is 9.38. The van der Waals surface area contributed by atoms with Crippen LogP contribution in [0, 0.1) is 28.6 Å². The number of allylic oxidation sites excluding steroid dienone is 3. The van der Waals surface area contributed by atoms with Gasteiger partial charge in [0.1, 0.15) is 11.9 Å². The molecule has 0 aliphatic heterocycles. The first-order valence-electron chi connectivity index (χ1n) is 10.5. The number of hydrogen-bond donors (Lipinski definition) is 0. The maximum Gasteiger partial charge on any atom is 0.306 e.